The van der Waals surface area contributed by atoms with Gasteiger partial charge in [-0.05, 0) is 12.8 Å². The first-order valence-electron chi connectivity index (χ1n) is 4.54. The molecule has 0 aromatic heterocycles. The van der Waals surface area contributed by atoms with Crippen LogP contribution in [0.15, 0.2) is 0 Å². The molecule has 5 nitrogen and oxygen atoms in total. The number of nitrogens with two attached hydrogens (primary N) is 1. The molecule has 1 amide bonds. The Kier molecular flexibility index (Phi) is 5.15. The summed E-state index contributed by atoms with van der Waals surface area (Å²) in [5.74, 6) is -0.771. The highest BCUT2D eigenvalue weighted by molar-refractivity contribution is 5.87. The van der Waals surface area contributed by atoms with Crippen LogP contribution >= 0.6 is 0 Å². The predicted molar refractivity (Wildman–Crippen MR) is 52.4 cm³/mol. The second-order valence-electron chi connectivity index (χ2n) is 3.52. The molecule has 0 aliphatic heterocycles. The van der Waals surface area contributed by atoms with Gasteiger partial charge in [0.05, 0.1) is 13.2 Å². The Morgan fingerprint density at radius 3 is 2.14 bits per heavy atom. The van der Waals surface area contributed by atoms with Gasteiger partial charge in [-0.1, -0.05) is 13.8 Å². The Labute approximate surface area is 84.0 Å². The van der Waals surface area contributed by atoms with Gasteiger partial charge in [0.2, 0.25) is 5.91 Å². The average Bonchev–Trinajstić information content (AvgIpc) is 2.14. The molecule has 0 rings (SSSR count). The van der Waals surface area contributed by atoms with Crippen LogP contribution in [0.1, 0.15) is 20.8 Å². The molecule has 0 saturated carbocycles. The van der Waals surface area contributed by atoms with Crippen molar-refractivity contribution in [3.63, 3.8) is 0 Å². The highest BCUT2D eigenvalue weighted by atomic mass is 16.5. The molecule has 0 aromatic rings. The summed E-state index contributed by atoms with van der Waals surface area (Å²) in [7, 11) is 1.27. The Balaban J connectivity index is 4.12. The van der Waals surface area contributed by atoms with Crippen molar-refractivity contribution in [1.29, 1.82) is 0 Å². The van der Waals surface area contributed by atoms with Gasteiger partial charge in [0.25, 0.3) is 0 Å². The number of nitrogens with one attached hydrogen (secondary N) is 1. The molecule has 2 atom stereocenters. The molecule has 14 heavy (non-hydrogen) atoms. The van der Waals surface area contributed by atoms with Gasteiger partial charge in [-0.15, -0.1) is 0 Å². The average molecular weight is 202 g/mol. The molecular weight excluding hydrogens is 184 g/mol. The summed E-state index contributed by atoms with van der Waals surface area (Å²) in [4.78, 5) is 22.3. The van der Waals surface area contributed by atoms with Crippen LogP contribution < -0.4 is 11.1 Å². The van der Waals surface area contributed by atoms with Crippen LogP contribution in [-0.4, -0.2) is 31.1 Å². The van der Waals surface area contributed by atoms with E-state index in [0.717, 1.165) is 0 Å². The Bertz CT molecular complexity index is 216. The molecule has 82 valence electrons. The van der Waals surface area contributed by atoms with Crippen molar-refractivity contribution < 1.29 is 14.3 Å². The van der Waals surface area contributed by atoms with Crippen LogP contribution in [0.4, 0.5) is 0 Å². The lowest BCUT2D eigenvalue weighted by molar-refractivity contribution is -0.144. The van der Waals surface area contributed by atoms with Gasteiger partial charge in [-0.3, -0.25) is 4.79 Å². The lowest BCUT2D eigenvalue weighted by Gasteiger charge is -2.18. The number of carbonyl (C=O) groups excluding carboxylic acids is 2. The summed E-state index contributed by atoms with van der Waals surface area (Å²) in [6, 6.07) is -1.25. The summed E-state index contributed by atoms with van der Waals surface area (Å²) in [6.45, 7) is 5.23. The van der Waals surface area contributed by atoms with Gasteiger partial charge < -0.3 is 15.8 Å². The standard InChI is InChI=1S/C9H18N2O3/c1-5(2)7(10)8(12)11-6(3)9(13)14-4/h5-7H,10H2,1-4H3,(H,11,12). The minimum atomic E-state index is -0.655. The number of esters is 1. The third-order valence-corrected chi connectivity index (χ3v) is 1.93. The molecule has 0 aliphatic carbocycles. The molecule has 5 heteroatoms. The topological polar surface area (TPSA) is 81.4 Å². The molecule has 0 saturated heterocycles. The van der Waals surface area contributed by atoms with Crippen LogP contribution in [0.3, 0.4) is 0 Å². The first kappa shape index (κ1) is 12.9. The van der Waals surface area contributed by atoms with E-state index in [2.05, 4.69) is 10.1 Å². The van der Waals surface area contributed by atoms with Crippen molar-refractivity contribution in [2.45, 2.75) is 32.9 Å². The first-order chi connectivity index (χ1) is 6.40. The molecule has 0 fully saturated rings. The van der Waals surface area contributed by atoms with Gasteiger partial charge in [0.15, 0.2) is 0 Å². The number of hydrogen-bond donors (Lipinski definition) is 2. The zero-order valence-corrected chi connectivity index (χ0v) is 9.03. The fourth-order valence-electron chi connectivity index (χ4n) is 0.848. The zero-order valence-electron chi connectivity index (χ0n) is 9.03. The van der Waals surface area contributed by atoms with E-state index in [4.69, 9.17) is 5.73 Å². The van der Waals surface area contributed by atoms with E-state index in [1.165, 1.54) is 7.11 Å². The Morgan fingerprint density at radius 1 is 1.29 bits per heavy atom. The molecule has 0 spiro atoms. The zero-order chi connectivity index (χ0) is 11.3. The lowest BCUT2D eigenvalue weighted by Crippen LogP contribution is -2.49. The molecule has 0 aliphatic rings. The largest absolute Gasteiger partial charge is 0.467 e. The monoisotopic (exact) mass is 202 g/mol. The van der Waals surface area contributed by atoms with E-state index in [1.54, 1.807) is 6.92 Å². The second kappa shape index (κ2) is 5.59. The highest BCUT2D eigenvalue weighted by Crippen LogP contribution is 1.98. The number of hydrogen-bond acceptors (Lipinski definition) is 4. The normalized spacial score (nSPS) is 14.7. The van der Waals surface area contributed by atoms with Crippen molar-refractivity contribution in [3.8, 4) is 0 Å². The predicted octanol–water partition coefficient (Wildman–Crippen LogP) is -0.353. The van der Waals surface area contributed by atoms with Crippen LogP contribution in [0.2, 0.25) is 0 Å². The molecule has 0 heterocycles. The van der Waals surface area contributed by atoms with Gasteiger partial charge in [-0.25, -0.2) is 4.79 Å². The number of rotatable bonds is 4. The summed E-state index contributed by atoms with van der Waals surface area (Å²) in [5.41, 5.74) is 5.59. The van der Waals surface area contributed by atoms with E-state index in [-0.39, 0.29) is 11.8 Å². The third kappa shape index (κ3) is 3.74. The maximum Gasteiger partial charge on any atom is 0.328 e. The van der Waals surface area contributed by atoms with Crippen molar-refractivity contribution in [2.75, 3.05) is 7.11 Å². The minimum absolute atomic E-state index is 0.0415. The van der Waals surface area contributed by atoms with Crippen molar-refractivity contribution in [3.05, 3.63) is 0 Å². The first-order valence-corrected chi connectivity index (χ1v) is 4.54. The maximum atomic E-state index is 11.4. The number of methoxy groups -OCH3 is 1. The van der Waals surface area contributed by atoms with E-state index in [0.29, 0.717) is 0 Å². The fraction of sp³-hybridized carbons (Fsp3) is 0.778. The van der Waals surface area contributed by atoms with E-state index in [1.807, 2.05) is 13.8 Å². The highest BCUT2D eigenvalue weighted by Gasteiger charge is 2.22. The van der Waals surface area contributed by atoms with Gasteiger partial charge in [0, 0.05) is 0 Å². The summed E-state index contributed by atoms with van der Waals surface area (Å²) < 4.78 is 4.46. The van der Waals surface area contributed by atoms with Crippen LogP contribution in [0.25, 0.3) is 0 Å². The Hall–Kier alpha value is -1.10. The fourth-order valence-corrected chi connectivity index (χ4v) is 0.848. The number of amides is 1. The summed E-state index contributed by atoms with van der Waals surface area (Å²) in [6.07, 6.45) is 0. The maximum absolute atomic E-state index is 11.4. The van der Waals surface area contributed by atoms with Gasteiger partial charge >= 0.3 is 5.97 Å². The third-order valence-electron chi connectivity index (χ3n) is 1.93. The summed E-state index contributed by atoms with van der Waals surface area (Å²) >= 11 is 0. The lowest BCUT2D eigenvalue weighted by atomic mass is 10.0. The molecule has 2 unspecified atom stereocenters. The molecule has 0 bridgehead atoms. The molecular formula is C9H18N2O3. The minimum Gasteiger partial charge on any atom is -0.467 e. The van der Waals surface area contributed by atoms with E-state index < -0.39 is 18.1 Å². The molecule has 0 radical (unpaired) electrons. The van der Waals surface area contributed by atoms with E-state index in [9.17, 15) is 9.59 Å². The van der Waals surface area contributed by atoms with Crippen LogP contribution in [0.5, 0.6) is 0 Å². The van der Waals surface area contributed by atoms with Crippen LogP contribution in [-0.2, 0) is 14.3 Å². The van der Waals surface area contributed by atoms with Crippen molar-refractivity contribution in [1.82, 2.24) is 5.32 Å². The SMILES string of the molecule is COC(=O)C(C)NC(=O)C(N)C(C)C. The van der Waals surface area contributed by atoms with Crippen LogP contribution in [0, 0.1) is 5.92 Å². The van der Waals surface area contributed by atoms with Crippen molar-refractivity contribution in [2.24, 2.45) is 11.7 Å². The van der Waals surface area contributed by atoms with Crippen molar-refractivity contribution >= 4 is 11.9 Å². The van der Waals surface area contributed by atoms with E-state index >= 15 is 0 Å². The number of ether oxygens (including phenoxy) is 1. The summed E-state index contributed by atoms with van der Waals surface area (Å²) in [5, 5.41) is 2.47. The molecule has 3 N–H and O–H groups in total. The Morgan fingerprint density at radius 2 is 1.79 bits per heavy atom. The molecule has 0 aromatic carbocycles. The number of carbonyl (C=O) groups is 2. The second-order valence-corrected chi connectivity index (χ2v) is 3.52. The van der Waals surface area contributed by atoms with Gasteiger partial charge in [-0.2, -0.15) is 0 Å². The quantitative estimate of drug-likeness (QED) is 0.610. The smallest absolute Gasteiger partial charge is 0.328 e. The van der Waals surface area contributed by atoms with Gasteiger partial charge in [0.1, 0.15) is 6.04 Å².